The van der Waals surface area contributed by atoms with Crippen LogP contribution in [0.4, 0.5) is 0 Å². The summed E-state index contributed by atoms with van der Waals surface area (Å²) in [5.41, 5.74) is -0.265. The van der Waals surface area contributed by atoms with Gasteiger partial charge in [0.05, 0.1) is 20.2 Å². The molecule has 0 aliphatic carbocycles. The summed E-state index contributed by atoms with van der Waals surface area (Å²) in [6.07, 6.45) is 3.63. The van der Waals surface area contributed by atoms with Crippen molar-refractivity contribution >= 4 is 5.91 Å². The lowest BCUT2D eigenvalue weighted by Crippen LogP contribution is -2.52. The molecule has 1 aliphatic rings. The molecule has 0 radical (unpaired) electrons. The number of hydrogen-bond acceptors (Lipinski definition) is 8. The highest BCUT2D eigenvalue weighted by Gasteiger charge is 2.37. The average molecular weight is 525 g/mol. The molecular weight excluding hydrogens is 488 g/mol. The Kier molecular flexibility index (Phi) is 9.58. The molecule has 1 aromatic heterocycles. The number of carbonyl (C=O) groups is 1. The smallest absolute Gasteiger partial charge is 0.248 e. The molecule has 0 unspecified atom stereocenters. The molecule has 204 valence electrons. The van der Waals surface area contributed by atoms with Crippen LogP contribution in [0.3, 0.4) is 0 Å². The minimum Gasteiger partial charge on any atom is -0.493 e. The van der Waals surface area contributed by atoms with E-state index in [0.717, 1.165) is 5.56 Å². The molecule has 1 N–H and O–H groups in total. The number of aliphatic hydroxyl groups is 1. The molecule has 1 amide bonds. The molecule has 1 aliphatic heterocycles. The van der Waals surface area contributed by atoms with E-state index in [-0.39, 0.29) is 25.7 Å². The van der Waals surface area contributed by atoms with Crippen molar-refractivity contribution in [1.82, 2.24) is 19.6 Å². The predicted molar refractivity (Wildman–Crippen MR) is 141 cm³/mol. The van der Waals surface area contributed by atoms with E-state index in [0.29, 0.717) is 56.6 Å². The lowest BCUT2D eigenvalue weighted by molar-refractivity contribution is -0.138. The Morgan fingerprint density at radius 1 is 1.03 bits per heavy atom. The fraction of sp³-hybridized carbons (Fsp3) is 0.429. The molecule has 1 fully saturated rings. The van der Waals surface area contributed by atoms with Crippen molar-refractivity contribution in [2.45, 2.75) is 18.7 Å². The second-order valence-corrected chi connectivity index (χ2v) is 9.39. The first kappa shape index (κ1) is 27.4. The fourth-order valence-corrected chi connectivity index (χ4v) is 4.50. The van der Waals surface area contributed by atoms with Gasteiger partial charge in [-0.25, -0.2) is 0 Å². The van der Waals surface area contributed by atoms with E-state index in [9.17, 15) is 9.90 Å². The minimum atomic E-state index is -1.27. The summed E-state index contributed by atoms with van der Waals surface area (Å²) in [6.45, 7) is 3.23. The number of carbonyl (C=O) groups excluding carboxylic acids is 1. The third-order valence-corrected chi connectivity index (χ3v) is 6.33. The van der Waals surface area contributed by atoms with Crippen molar-refractivity contribution in [3.05, 3.63) is 72.6 Å². The van der Waals surface area contributed by atoms with Gasteiger partial charge in [0.25, 0.3) is 0 Å². The van der Waals surface area contributed by atoms with E-state index in [1.54, 1.807) is 18.2 Å². The first-order valence-electron chi connectivity index (χ1n) is 12.6. The topological polar surface area (TPSA) is 98.5 Å². The molecule has 4 rings (SSSR count). The van der Waals surface area contributed by atoms with Gasteiger partial charge in [0.2, 0.25) is 5.91 Å². The number of aromatic nitrogens is 2. The summed E-state index contributed by atoms with van der Waals surface area (Å²) >= 11 is 0. The summed E-state index contributed by atoms with van der Waals surface area (Å²) in [5, 5.41) is 15.8. The molecule has 38 heavy (non-hydrogen) atoms. The normalized spacial score (nSPS) is 18.1. The van der Waals surface area contributed by atoms with Crippen molar-refractivity contribution in [1.29, 1.82) is 0 Å². The summed E-state index contributed by atoms with van der Waals surface area (Å²) in [4.78, 5) is 16.4. The van der Waals surface area contributed by atoms with Gasteiger partial charge in [-0.1, -0.05) is 24.3 Å². The van der Waals surface area contributed by atoms with Crippen LogP contribution in [-0.4, -0.2) is 96.4 Å². The lowest BCUT2D eigenvalue weighted by atomic mass is 10.0. The second kappa shape index (κ2) is 13.3. The van der Waals surface area contributed by atoms with Crippen LogP contribution in [0.15, 0.2) is 67.0 Å². The van der Waals surface area contributed by atoms with Gasteiger partial charge in [-0.15, -0.1) is 0 Å². The third-order valence-electron chi connectivity index (χ3n) is 6.33. The molecule has 0 bridgehead atoms. The van der Waals surface area contributed by atoms with Crippen LogP contribution in [0.2, 0.25) is 0 Å². The van der Waals surface area contributed by atoms with E-state index in [1.165, 1.54) is 7.11 Å². The quantitative estimate of drug-likeness (QED) is 0.385. The number of benzene rings is 2. The van der Waals surface area contributed by atoms with Gasteiger partial charge in [-0.05, 0) is 35.9 Å². The molecule has 2 heterocycles. The number of ether oxygens (including phenoxy) is 4. The van der Waals surface area contributed by atoms with Gasteiger partial charge >= 0.3 is 0 Å². The Morgan fingerprint density at radius 3 is 2.61 bits per heavy atom. The molecule has 10 nitrogen and oxygen atoms in total. The molecule has 1 saturated heterocycles. The Hall–Kier alpha value is -3.60. The number of hydrogen-bond donors (Lipinski definition) is 1. The first-order valence-corrected chi connectivity index (χ1v) is 12.6. The van der Waals surface area contributed by atoms with Crippen LogP contribution in [0.1, 0.15) is 5.56 Å². The lowest BCUT2D eigenvalue weighted by Gasteiger charge is -2.33. The van der Waals surface area contributed by atoms with Gasteiger partial charge in [-0.3, -0.25) is 14.4 Å². The number of para-hydroxylation sites is 1. The van der Waals surface area contributed by atoms with Crippen molar-refractivity contribution in [3.63, 3.8) is 0 Å². The average Bonchev–Trinajstić information content (AvgIpc) is 3.38. The standard InChI is InChI=1S/C28H36N4O6/c1-35-19-27(33)31-14-13-30(20-28(34,21-31)22-38-24-7-4-3-5-8-24)18-23-9-10-25(26(17-23)36-2)37-16-15-32-12-6-11-29-32/h3-12,17,34H,13-16,18-22H2,1-2H3/t28-/m0/s1. The zero-order valence-electron chi connectivity index (χ0n) is 22.0. The summed E-state index contributed by atoms with van der Waals surface area (Å²) in [7, 11) is 3.11. The zero-order chi connectivity index (χ0) is 26.8. The maximum atomic E-state index is 12.7. The number of rotatable bonds is 12. The SMILES string of the molecule is COCC(=O)N1CCN(Cc2ccc(OCCn3cccn3)c(OC)c2)C[C@@](O)(COc2ccccc2)C1. The number of amides is 1. The van der Waals surface area contributed by atoms with Gasteiger partial charge in [-0.2, -0.15) is 5.10 Å². The molecule has 0 spiro atoms. The van der Waals surface area contributed by atoms with E-state index in [4.69, 9.17) is 18.9 Å². The Balaban J connectivity index is 1.43. The van der Waals surface area contributed by atoms with Crippen LogP contribution >= 0.6 is 0 Å². The molecule has 3 aromatic rings. The number of methoxy groups -OCH3 is 2. The minimum absolute atomic E-state index is 0.0331. The Labute approximate surface area is 223 Å². The van der Waals surface area contributed by atoms with Gasteiger partial charge in [0.15, 0.2) is 11.5 Å². The second-order valence-electron chi connectivity index (χ2n) is 9.39. The maximum absolute atomic E-state index is 12.7. The van der Waals surface area contributed by atoms with Crippen LogP contribution in [-0.2, 0) is 22.6 Å². The fourth-order valence-electron chi connectivity index (χ4n) is 4.50. The van der Waals surface area contributed by atoms with E-state index in [1.807, 2.05) is 65.5 Å². The molecule has 0 saturated carbocycles. The third kappa shape index (κ3) is 7.70. The van der Waals surface area contributed by atoms with Crippen molar-refractivity contribution in [2.24, 2.45) is 0 Å². The van der Waals surface area contributed by atoms with E-state index >= 15 is 0 Å². The maximum Gasteiger partial charge on any atom is 0.248 e. The summed E-state index contributed by atoms with van der Waals surface area (Å²) in [6, 6.07) is 17.1. The van der Waals surface area contributed by atoms with Gasteiger partial charge in [0.1, 0.15) is 31.2 Å². The van der Waals surface area contributed by atoms with Crippen molar-refractivity contribution in [2.75, 3.05) is 60.2 Å². The van der Waals surface area contributed by atoms with Crippen molar-refractivity contribution in [3.8, 4) is 17.2 Å². The van der Waals surface area contributed by atoms with Crippen LogP contribution in [0.5, 0.6) is 17.2 Å². The predicted octanol–water partition coefficient (Wildman–Crippen LogP) is 2.07. The first-order chi connectivity index (χ1) is 18.5. The number of nitrogens with zero attached hydrogens (tertiary/aromatic N) is 4. The zero-order valence-corrected chi connectivity index (χ0v) is 22.0. The Bertz CT molecular complexity index is 1140. The van der Waals surface area contributed by atoms with Crippen LogP contribution in [0, 0.1) is 0 Å². The summed E-state index contributed by atoms with van der Waals surface area (Å²) in [5.74, 6) is 1.80. The molecular formula is C28H36N4O6. The summed E-state index contributed by atoms with van der Waals surface area (Å²) < 4.78 is 24.3. The molecule has 1 atom stereocenters. The van der Waals surface area contributed by atoms with Crippen LogP contribution in [0.25, 0.3) is 0 Å². The van der Waals surface area contributed by atoms with Crippen LogP contribution < -0.4 is 14.2 Å². The van der Waals surface area contributed by atoms with E-state index in [2.05, 4.69) is 10.00 Å². The Morgan fingerprint density at radius 2 is 1.87 bits per heavy atom. The highest BCUT2D eigenvalue weighted by molar-refractivity contribution is 5.77. The molecule has 10 heteroatoms. The highest BCUT2D eigenvalue weighted by atomic mass is 16.5. The highest BCUT2D eigenvalue weighted by Crippen LogP contribution is 2.29. The number of β-amino-alcohol motifs (C(OH)–C–C–N with tert-alkyl or cyclic N) is 1. The van der Waals surface area contributed by atoms with E-state index < -0.39 is 5.60 Å². The molecule has 2 aromatic carbocycles. The van der Waals surface area contributed by atoms with Gasteiger partial charge < -0.3 is 29.0 Å². The monoisotopic (exact) mass is 524 g/mol. The van der Waals surface area contributed by atoms with Crippen molar-refractivity contribution < 1.29 is 28.8 Å². The van der Waals surface area contributed by atoms with Gasteiger partial charge in [0, 0.05) is 45.7 Å². The largest absolute Gasteiger partial charge is 0.493 e.